The third kappa shape index (κ3) is 4.45. The molecule has 0 radical (unpaired) electrons. The van der Waals surface area contributed by atoms with Gasteiger partial charge in [0.15, 0.2) is 0 Å². The summed E-state index contributed by atoms with van der Waals surface area (Å²) in [6, 6.07) is 9.13. The number of hydrogen-bond acceptors (Lipinski definition) is 3. The Morgan fingerprint density at radius 1 is 1.13 bits per heavy atom. The summed E-state index contributed by atoms with van der Waals surface area (Å²) in [5.41, 5.74) is 1.56. The third-order valence-electron chi connectivity index (χ3n) is 3.10. The Morgan fingerprint density at radius 2 is 1.78 bits per heavy atom. The van der Waals surface area contributed by atoms with Crippen LogP contribution in [0.2, 0.25) is 0 Å². The smallest absolute Gasteiger partial charge is 0.337 e. The SMILES string of the molecule is Cc1cc(OC(C)(C)C)ccc1Nc1ccc(F)cc1C(=O)O. The molecule has 2 N–H and O–H groups in total. The molecule has 2 aromatic rings. The molecular weight excluding hydrogens is 297 g/mol. The van der Waals surface area contributed by atoms with Crippen LogP contribution in [0.3, 0.4) is 0 Å². The summed E-state index contributed by atoms with van der Waals surface area (Å²) in [4.78, 5) is 11.2. The van der Waals surface area contributed by atoms with Crippen LogP contribution in [0, 0.1) is 12.7 Å². The quantitative estimate of drug-likeness (QED) is 0.854. The molecule has 0 unspecified atom stereocenters. The van der Waals surface area contributed by atoms with E-state index in [1.165, 1.54) is 12.1 Å². The van der Waals surface area contributed by atoms with E-state index in [-0.39, 0.29) is 11.2 Å². The van der Waals surface area contributed by atoms with Crippen molar-refractivity contribution in [2.24, 2.45) is 0 Å². The fraction of sp³-hybridized carbons (Fsp3) is 0.278. The minimum absolute atomic E-state index is 0.112. The summed E-state index contributed by atoms with van der Waals surface area (Å²) in [6.45, 7) is 7.78. The Labute approximate surface area is 134 Å². The maximum atomic E-state index is 13.2. The third-order valence-corrected chi connectivity index (χ3v) is 3.10. The average Bonchev–Trinajstić information content (AvgIpc) is 2.41. The zero-order valence-corrected chi connectivity index (χ0v) is 13.6. The van der Waals surface area contributed by atoms with Gasteiger partial charge in [-0.3, -0.25) is 0 Å². The first-order valence-electron chi connectivity index (χ1n) is 7.25. The zero-order chi connectivity index (χ0) is 17.2. The summed E-state index contributed by atoms with van der Waals surface area (Å²) in [6.07, 6.45) is 0. The number of halogens is 1. The van der Waals surface area contributed by atoms with Gasteiger partial charge in [0.1, 0.15) is 17.2 Å². The van der Waals surface area contributed by atoms with E-state index in [9.17, 15) is 14.3 Å². The molecule has 2 aromatic carbocycles. The topological polar surface area (TPSA) is 58.6 Å². The number of carboxylic acid groups (broad SMARTS) is 1. The van der Waals surface area contributed by atoms with Gasteiger partial charge in [-0.25, -0.2) is 9.18 Å². The minimum atomic E-state index is -1.18. The molecule has 0 atom stereocenters. The fourth-order valence-corrected chi connectivity index (χ4v) is 2.14. The van der Waals surface area contributed by atoms with E-state index >= 15 is 0 Å². The summed E-state index contributed by atoms with van der Waals surface area (Å²) >= 11 is 0. The average molecular weight is 317 g/mol. The molecule has 0 bridgehead atoms. The van der Waals surface area contributed by atoms with Crippen molar-refractivity contribution in [1.82, 2.24) is 0 Å². The first kappa shape index (κ1) is 16.8. The lowest BCUT2D eigenvalue weighted by Gasteiger charge is -2.22. The normalized spacial score (nSPS) is 11.2. The highest BCUT2D eigenvalue weighted by Crippen LogP contribution is 2.28. The molecular formula is C18H20FNO3. The van der Waals surface area contributed by atoms with Gasteiger partial charge in [-0.2, -0.15) is 0 Å². The number of ether oxygens (including phenoxy) is 1. The largest absolute Gasteiger partial charge is 0.488 e. The zero-order valence-electron chi connectivity index (χ0n) is 13.6. The van der Waals surface area contributed by atoms with Crippen molar-refractivity contribution in [3.8, 4) is 5.75 Å². The summed E-state index contributed by atoms with van der Waals surface area (Å²) in [5, 5.41) is 12.2. The van der Waals surface area contributed by atoms with Crippen LogP contribution in [0.4, 0.5) is 15.8 Å². The van der Waals surface area contributed by atoms with Gasteiger partial charge in [-0.15, -0.1) is 0 Å². The van der Waals surface area contributed by atoms with Gasteiger partial charge in [0, 0.05) is 5.69 Å². The number of carbonyl (C=O) groups is 1. The number of anilines is 2. The van der Waals surface area contributed by atoms with Gasteiger partial charge >= 0.3 is 5.97 Å². The molecule has 5 heteroatoms. The summed E-state index contributed by atoms with van der Waals surface area (Å²) in [7, 11) is 0. The standard InChI is InChI=1S/C18H20FNO3/c1-11-9-13(23-18(2,3)4)6-8-15(11)20-16-7-5-12(19)10-14(16)17(21)22/h5-10,20H,1-4H3,(H,21,22). The monoisotopic (exact) mass is 317 g/mol. The van der Waals surface area contributed by atoms with E-state index in [2.05, 4.69) is 5.32 Å². The summed E-state index contributed by atoms with van der Waals surface area (Å²) in [5.74, 6) is -1.03. The van der Waals surface area contributed by atoms with Gasteiger partial charge in [0.25, 0.3) is 0 Å². The maximum Gasteiger partial charge on any atom is 0.337 e. The second kappa shape index (κ2) is 6.28. The predicted molar refractivity (Wildman–Crippen MR) is 88.2 cm³/mol. The second-order valence-corrected chi connectivity index (χ2v) is 6.31. The number of rotatable bonds is 4. The molecule has 122 valence electrons. The van der Waals surface area contributed by atoms with Gasteiger partial charge in [-0.05, 0) is 69.7 Å². The molecule has 0 aliphatic carbocycles. The number of benzene rings is 2. The highest BCUT2D eigenvalue weighted by Gasteiger charge is 2.14. The van der Waals surface area contributed by atoms with Gasteiger partial charge in [-0.1, -0.05) is 0 Å². The van der Waals surface area contributed by atoms with Crippen LogP contribution in [0.1, 0.15) is 36.7 Å². The van der Waals surface area contributed by atoms with Crippen molar-refractivity contribution in [3.05, 3.63) is 53.3 Å². The lowest BCUT2D eigenvalue weighted by Crippen LogP contribution is -2.22. The first-order chi connectivity index (χ1) is 10.7. The number of carboxylic acids is 1. The van der Waals surface area contributed by atoms with Crippen molar-refractivity contribution in [3.63, 3.8) is 0 Å². The van der Waals surface area contributed by atoms with E-state index < -0.39 is 11.8 Å². The Bertz CT molecular complexity index is 736. The molecule has 0 aliphatic heterocycles. The highest BCUT2D eigenvalue weighted by atomic mass is 19.1. The Balaban J connectivity index is 2.29. The van der Waals surface area contributed by atoms with Crippen molar-refractivity contribution < 1.29 is 19.0 Å². The van der Waals surface area contributed by atoms with E-state index in [0.29, 0.717) is 5.69 Å². The van der Waals surface area contributed by atoms with Crippen LogP contribution < -0.4 is 10.1 Å². The number of nitrogens with one attached hydrogen (secondary N) is 1. The molecule has 0 amide bonds. The highest BCUT2D eigenvalue weighted by molar-refractivity contribution is 5.95. The fourth-order valence-electron chi connectivity index (χ4n) is 2.14. The number of aromatic carboxylic acids is 1. The van der Waals surface area contributed by atoms with E-state index in [1.807, 2.05) is 45.9 Å². The molecule has 0 fully saturated rings. The maximum absolute atomic E-state index is 13.2. The molecule has 0 saturated heterocycles. The molecule has 0 aromatic heterocycles. The lowest BCUT2D eigenvalue weighted by molar-refractivity contribution is 0.0697. The van der Waals surface area contributed by atoms with Gasteiger partial charge in [0.05, 0.1) is 11.3 Å². The summed E-state index contributed by atoms with van der Waals surface area (Å²) < 4.78 is 19.0. The van der Waals surface area contributed by atoms with Crippen molar-refractivity contribution >= 4 is 17.3 Å². The number of hydrogen-bond donors (Lipinski definition) is 2. The lowest BCUT2D eigenvalue weighted by atomic mass is 10.1. The van der Waals surface area contributed by atoms with Crippen LogP contribution in [0.15, 0.2) is 36.4 Å². The molecule has 2 rings (SSSR count). The molecule has 0 heterocycles. The first-order valence-corrected chi connectivity index (χ1v) is 7.25. The van der Waals surface area contributed by atoms with Crippen molar-refractivity contribution in [2.75, 3.05) is 5.32 Å². The Hall–Kier alpha value is -2.56. The van der Waals surface area contributed by atoms with Crippen LogP contribution in [-0.2, 0) is 0 Å². The molecule has 0 saturated carbocycles. The Kier molecular flexibility index (Phi) is 4.59. The second-order valence-electron chi connectivity index (χ2n) is 6.31. The molecule has 0 spiro atoms. The van der Waals surface area contributed by atoms with Crippen LogP contribution >= 0.6 is 0 Å². The van der Waals surface area contributed by atoms with E-state index in [0.717, 1.165) is 23.1 Å². The van der Waals surface area contributed by atoms with E-state index in [1.54, 1.807) is 0 Å². The minimum Gasteiger partial charge on any atom is -0.488 e. The van der Waals surface area contributed by atoms with Gasteiger partial charge < -0.3 is 15.2 Å². The van der Waals surface area contributed by atoms with Crippen LogP contribution in [0.25, 0.3) is 0 Å². The van der Waals surface area contributed by atoms with Crippen LogP contribution in [0.5, 0.6) is 5.75 Å². The van der Waals surface area contributed by atoms with Crippen molar-refractivity contribution in [1.29, 1.82) is 0 Å². The number of aryl methyl sites for hydroxylation is 1. The predicted octanol–water partition coefficient (Wildman–Crippen LogP) is 4.75. The van der Waals surface area contributed by atoms with Crippen LogP contribution in [-0.4, -0.2) is 16.7 Å². The van der Waals surface area contributed by atoms with Gasteiger partial charge in [0.2, 0.25) is 0 Å². The molecule has 23 heavy (non-hydrogen) atoms. The van der Waals surface area contributed by atoms with Crippen molar-refractivity contribution in [2.45, 2.75) is 33.3 Å². The Morgan fingerprint density at radius 3 is 2.35 bits per heavy atom. The van der Waals surface area contributed by atoms with E-state index in [4.69, 9.17) is 4.74 Å². The molecule has 4 nitrogen and oxygen atoms in total. The molecule has 0 aliphatic rings.